The second kappa shape index (κ2) is 12.9. The fourth-order valence-electron chi connectivity index (χ4n) is 5.51. The first kappa shape index (κ1) is 29.6. The molecule has 0 saturated heterocycles. The van der Waals surface area contributed by atoms with E-state index in [-0.39, 0.29) is 29.6 Å². The van der Waals surface area contributed by atoms with Crippen molar-refractivity contribution in [3.05, 3.63) is 57.2 Å². The van der Waals surface area contributed by atoms with E-state index >= 15 is 0 Å². The minimum atomic E-state index is -0.775. The van der Waals surface area contributed by atoms with Crippen LogP contribution in [0.3, 0.4) is 0 Å². The molecule has 0 bridgehead atoms. The Morgan fingerprint density at radius 1 is 1.05 bits per heavy atom. The lowest BCUT2D eigenvalue weighted by Crippen LogP contribution is -2.38. The number of carbonyl (C=O) groups excluding carboxylic acids is 2. The molecular formula is C31H36BrNO7. The van der Waals surface area contributed by atoms with Gasteiger partial charge in [-0.2, -0.15) is 0 Å². The lowest BCUT2D eigenvalue weighted by atomic mass is 9.69. The highest BCUT2D eigenvalue weighted by atomic mass is 79.9. The Labute approximate surface area is 243 Å². The molecule has 9 heteroatoms. The van der Waals surface area contributed by atoms with Gasteiger partial charge in [0, 0.05) is 29.3 Å². The van der Waals surface area contributed by atoms with Crippen molar-refractivity contribution in [2.24, 2.45) is 10.9 Å². The molecule has 214 valence electrons. The number of halogens is 1. The average Bonchev–Trinajstić information content (AvgIpc) is 2.94. The zero-order valence-electron chi connectivity index (χ0n) is 23.6. The second-order valence-electron chi connectivity index (χ2n) is 10.0. The lowest BCUT2D eigenvalue weighted by Gasteiger charge is -2.36. The topological polar surface area (TPSA) is 104 Å². The van der Waals surface area contributed by atoms with E-state index in [9.17, 15) is 14.7 Å². The summed E-state index contributed by atoms with van der Waals surface area (Å²) < 4.78 is 22.6. The van der Waals surface area contributed by atoms with Gasteiger partial charge in [-0.15, -0.1) is 0 Å². The highest BCUT2D eigenvalue weighted by Crippen LogP contribution is 2.49. The van der Waals surface area contributed by atoms with Gasteiger partial charge in [0.05, 0.1) is 31.9 Å². The molecule has 1 N–H and O–H groups in total. The summed E-state index contributed by atoms with van der Waals surface area (Å²) >= 11 is 3.43. The number of benzene rings is 2. The molecule has 0 radical (unpaired) electrons. The molecule has 0 spiro atoms. The fraction of sp³-hybridized carbons (Fsp3) is 0.452. The van der Waals surface area contributed by atoms with Crippen molar-refractivity contribution >= 4 is 33.4 Å². The number of rotatable bonds is 10. The smallest absolute Gasteiger partial charge is 0.315 e. The molecule has 40 heavy (non-hydrogen) atoms. The van der Waals surface area contributed by atoms with Crippen LogP contribution in [0.2, 0.25) is 0 Å². The molecule has 3 atom stereocenters. The molecule has 2 aliphatic rings. The molecule has 1 heterocycles. The third-order valence-electron chi connectivity index (χ3n) is 7.47. The molecule has 4 rings (SSSR count). The third kappa shape index (κ3) is 5.89. The van der Waals surface area contributed by atoms with Gasteiger partial charge in [0.25, 0.3) is 0 Å². The molecule has 0 fully saturated rings. The molecule has 0 amide bonds. The summed E-state index contributed by atoms with van der Waals surface area (Å²) in [5.74, 6) is -0.543. The number of ether oxygens (including phenoxy) is 4. The molecule has 1 unspecified atom stereocenters. The van der Waals surface area contributed by atoms with Crippen molar-refractivity contribution in [1.82, 2.24) is 0 Å². The van der Waals surface area contributed by atoms with Crippen LogP contribution in [0.5, 0.6) is 23.0 Å². The van der Waals surface area contributed by atoms with E-state index in [2.05, 4.69) is 15.9 Å². The number of nitrogens with zero attached hydrogens (tertiary/aromatic N) is 1. The fourth-order valence-corrected chi connectivity index (χ4v) is 5.97. The van der Waals surface area contributed by atoms with Crippen LogP contribution in [0.1, 0.15) is 69.4 Å². The lowest BCUT2D eigenvalue weighted by molar-refractivity contribution is -0.146. The van der Waals surface area contributed by atoms with E-state index < -0.39 is 17.8 Å². The SMILES string of the molecule is CCCCOC(=O)C1C(C)=NC2=C(C(=O)C[C@H](c3ccc(OC)c(OC)c3)C2)[C@@H]1c1cc(Br)c(O)c(OCC)c1. The van der Waals surface area contributed by atoms with Crippen molar-refractivity contribution in [3.63, 3.8) is 0 Å². The number of allylic oxidation sites excluding steroid dienone is 2. The number of phenolic OH excluding ortho intramolecular Hbond substituents is 1. The summed E-state index contributed by atoms with van der Waals surface area (Å²) in [5.41, 5.74) is 3.39. The number of ketones is 1. The van der Waals surface area contributed by atoms with Crippen LogP contribution in [-0.2, 0) is 14.3 Å². The Bertz CT molecular complexity index is 1350. The van der Waals surface area contributed by atoms with E-state index in [0.717, 1.165) is 18.4 Å². The van der Waals surface area contributed by atoms with Crippen molar-refractivity contribution < 1.29 is 33.6 Å². The Balaban J connectivity index is 1.80. The maximum atomic E-state index is 13.9. The number of aliphatic imine (C=N–C) groups is 1. The van der Waals surface area contributed by atoms with Gasteiger partial charge in [-0.1, -0.05) is 19.4 Å². The second-order valence-corrected chi connectivity index (χ2v) is 10.9. The van der Waals surface area contributed by atoms with Gasteiger partial charge in [-0.3, -0.25) is 14.6 Å². The van der Waals surface area contributed by atoms with Crippen molar-refractivity contribution in [2.45, 2.75) is 58.3 Å². The van der Waals surface area contributed by atoms with Crippen LogP contribution in [0.15, 0.2) is 51.1 Å². The summed E-state index contributed by atoms with van der Waals surface area (Å²) in [5, 5.41) is 10.6. The van der Waals surface area contributed by atoms with E-state index in [1.54, 1.807) is 26.4 Å². The van der Waals surface area contributed by atoms with Gasteiger partial charge in [-0.05, 0) is 83.9 Å². The number of unbranched alkanes of at least 4 members (excludes halogenated alkanes) is 1. The van der Waals surface area contributed by atoms with Gasteiger partial charge >= 0.3 is 5.97 Å². The molecule has 8 nitrogen and oxygen atoms in total. The third-order valence-corrected chi connectivity index (χ3v) is 8.08. The number of phenols is 1. The largest absolute Gasteiger partial charge is 0.503 e. The predicted molar refractivity (Wildman–Crippen MR) is 156 cm³/mol. The number of hydrogen-bond donors (Lipinski definition) is 1. The number of hydrogen-bond acceptors (Lipinski definition) is 8. The number of methoxy groups -OCH3 is 2. The normalized spacial score (nSPS) is 20.5. The minimum absolute atomic E-state index is 0.0356. The summed E-state index contributed by atoms with van der Waals surface area (Å²) in [4.78, 5) is 32.3. The van der Waals surface area contributed by atoms with E-state index in [0.29, 0.717) is 58.2 Å². The Morgan fingerprint density at radius 2 is 1.77 bits per heavy atom. The quantitative estimate of drug-likeness (QED) is 0.241. The van der Waals surface area contributed by atoms with Crippen LogP contribution in [0.25, 0.3) is 0 Å². The zero-order chi connectivity index (χ0) is 29.0. The number of carbonyl (C=O) groups is 2. The van der Waals surface area contributed by atoms with Gasteiger partial charge < -0.3 is 24.1 Å². The first-order valence-corrected chi connectivity index (χ1v) is 14.4. The molecule has 0 aromatic heterocycles. The zero-order valence-corrected chi connectivity index (χ0v) is 25.2. The molecule has 1 aliphatic heterocycles. The van der Waals surface area contributed by atoms with Crippen molar-refractivity contribution in [3.8, 4) is 23.0 Å². The Kier molecular flexibility index (Phi) is 9.56. The number of esters is 1. The summed E-state index contributed by atoms with van der Waals surface area (Å²) in [6, 6.07) is 9.13. The molecule has 2 aromatic rings. The molecule has 2 aromatic carbocycles. The predicted octanol–water partition coefficient (Wildman–Crippen LogP) is 6.49. The molecule has 1 aliphatic carbocycles. The first-order chi connectivity index (χ1) is 19.2. The van der Waals surface area contributed by atoms with Crippen molar-refractivity contribution in [1.29, 1.82) is 0 Å². The molecule has 0 saturated carbocycles. The maximum Gasteiger partial charge on any atom is 0.315 e. The van der Waals surface area contributed by atoms with Gasteiger partial charge in [0.2, 0.25) is 0 Å². The van der Waals surface area contributed by atoms with Crippen LogP contribution >= 0.6 is 15.9 Å². The highest BCUT2D eigenvalue weighted by molar-refractivity contribution is 9.10. The van der Waals surface area contributed by atoms with Crippen LogP contribution in [0.4, 0.5) is 0 Å². The molecular weight excluding hydrogens is 578 g/mol. The van der Waals surface area contributed by atoms with E-state index in [1.165, 1.54) is 0 Å². The average molecular weight is 615 g/mol. The first-order valence-electron chi connectivity index (χ1n) is 13.6. The Morgan fingerprint density at radius 3 is 2.45 bits per heavy atom. The van der Waals surface area contributed by atoms with Crippen molar-refractivity contribution in [2.75, 3.05) is 27.4 Å². The van der Waals surface area contributed by atoms with Gasteiger partial charge in [0.1, 0.15) is 5.92 Å². The van der Waals surface area contributed by atoms with Gasteiger partial charge in [-0.25, -0.2) is 0 Å². The van der Waals surface area contributed by atoms with Gasteiger partial charge in [0.15, 0.2) is 28.8 Å². The Hall–Kier alpha value is -3.33. The standard InChI is InChI=1S/C31H36BrNO7/c1-6-8-11-40-31(36)27-17(3)33-22-13-19(18-9-10-24(37-4)25(15-18)38-5)14-23(34)29(22)28(27)20-12-21(32)30(35)26(16-20)39-7-2/h9-10,12,15-16,19,27-28,35H,6-8,11,13-14H2,1-5H3/t19-,27?,28-/m1/s1. The van der Waals surface area contributed by atoms with Crippen LogP contribution in [0, 0.1) is 5.92 Å². The van der Waals surface area contributed by atoms with Crippen LogP contribution < -0.4 is 14.2 Å². The minimum Gasteiger partial charge on any atom is -0.503 e. The highest BCUT2D eigenvalue weighted by Gasteiger charge is 2.45. The maximum absolute atomic E-state index is 13.9. The van der Waals surface area contributed by atoms with E-state index in [4.69, 9.17) is 23.9 Å². The van der Waals surface area contributed by atoms with E-state index in [1.807, 2.05) is 39.0 Å². The number of aromatic hydroxyl groups is 1. The summed E-state index contributed by atoms with van der Waals surface area (Å²) in [7, 11) is 3.17. The van der Waals surface area contributed by atoms with Crippen LogP contribution in [-0.4, -0.2) is 50.0 Å². The summed E-state index contributed by atoms with van der Waals surface area (Å²) in [6.07, 6.45) is 2.43. The number of Topliss-reactive ketones (excluding diaryl/α,β-unsaturated/α-hetero) is 1. The summed E-state index contributed by atoms with van der Waals surface area (Å²) in [6.45, 7) is 6.31. The monoisotopic (exact) mass is 613 g/mol.